The lowest BCUT2D eigenvalue weighted by Crippen LogP contribution is -2.13. The summed E-state index contributed by atoms with van der Waals surface area (Å²) in [6.07, 6.45) is -0.204. The van der Waals surface area contributed by atoms with Gasteiger partial charge in [-0.25, -0.2) is 4.39 Å². The summed E-state index contributed by atoms with van der Waals surface area (Å²) in [5.74, 6) is -0.637. The molecule has 23 heavy (non-hydrogen) atoms. The van der Waals surface area contributed by atoms with Crippen molar-refractivity contribution in [2.75, 3.05) is 6.61 Å². The van der Waals surface area contributed by atoms with Gasteiger partial charge in [0.25, 0.3) is 0 Å². The van der Waals surface area contributed by atoms with Gasteiger partial charge in [-0.2, -0.15) is 5.26 Å². The topological polar surface area (TPSA) is 59.3 Å². The van der Waals surface area contributed by atoms with Crippen LogP contribution in [-0.4, -0.2) is 12.6 Å². The van der Waals surface area contributed by atoms with Crippen LogP contribution in [0.4, 0.5) is 4.39 Å². The van der Waals surface area contributed by atoms with Gasteiger partial charge in [-0.15, -0.1) is 0 Å². The average Bonchev–Trinajstić information content (AvgIpc) is 2.53. The molecule has 0 heterocycles. The molecular formula is C17H13BrFNO3. The Kier molecular flexibility index (Phi) is 5.72. The van der Waals surface area contributed by atoms with Gasteiger partial charge in [-0.05, 0) is 40.5 Å². The third kappa shape index (κ3) is 4.30. The van der Waals surface area contributed by atoms with Gasteiger partial charge in [-0.3, -0.25) is 4.79 Å². The van der Waals surface area contributed by atoms with E-state index in [-0.39, 0.29) is 23.5 Å². The number of nitriles is 1. The molecule has 0 saturated heterocycles. The van der Waals surface area contributed by atoms with Crippen LogP contribution in [0, 0.1) is 17.1 Å². The zero-order chi connectivity index (χ0) is 16.8. The van der Waals surface area contributed by atoms with Crippen LogP contribution in [0.1, 0.15) is 18.1 Å². The minimum Gasteiger partial charge on any atom is -0.490 e. The lowest BCUT2D eigenvalue weighted by Gasteiger charge is -2.13. The molecule has 0 saturated carbocycles. The Morgan fingerprint density at radius 2 is 2.09 bits per heavy atom. The smallest absolute Gasteiger partial charge is 0.315 e. The number of rotatable bonds is 5. The predicted molar refractivity (Wildman–Crippen MR) is 85.8 cm³/mol. The van der Waals surface area contributed by atoms with Gasteiger partial charge in [0, 0.05) is 6.07 Å². The van der Waals surface area contributed by atoms with Gasteiger partial charge in [0.1, 0.15) is 5.82 Å². The van der Waals surface area contributed by atoms with Gasteiger partial charge in [0.2, 0.25) is 0 Å². The minimum atomic E-state index is -0.624. The summed E-state index contributed by atoms with van der Waals surface area (Å²) in [5, 5.41) is 8.98. The third-order valence-corrected chi connectivity index (χ3v) is 3.54. The Labute approximate surface area is 141 Å². The standard InChI is InChI=1S/C17H13BrFNO3/c1-2-22-15-8-11(10-20)7-13(18)17(15)23-16(21)9-12-5-3-4-6-14(12)19/h3-8H,2,9H2,1H3. The first-order valence-electron chi connectivity index (χ1n) is 6.85. The summed E-state index contributed by atoms with van der Waals surface area (Å²) in [4.78, 5) is 12.1. The molecule has 0 atom stereocenters. The first kappa shape index (κ1) is 17.0. The van der Waals surface area contributed by atoms with E-state index < -0.39 is 11.8 Å². The molecule has 0 aliphatic heterocycles. The molecule has 0 amide bonds. The van der Waals surface area contributed by atoms with Gasteiger partial charge < -0.3 is 9.47 Å². The summed E-state index contributed by atoms with van der Waals surface area (Å²) in [6.45, 7) is 2.12. The van der Waals surface area contributed by atoms with E-state index in [9.17, 15) is 9.18 Å². The third-order valence-electron chi connectivity index (χ3n) is 2.95. The van der Waals surface area contributed by atoms with Crippen molar-refractivity contribution in [3.05, 3.63) is 57.8 Å². The molecule has 6 heteroatoms. The van der Waals surface area contributed by atoms with Crippen LogP contribution in [0.2, 0.25) is 0 Å². The molecule has 2 aromatic carbocycles. The monoisotopic (exact) mass is 377 g/mol. The van der Waals surface area contributed by atoms with E-state index in [1.54, 1.807) is 19.1 Å². The Hall–Kier alpha value is -2.39. The Balaban J connectivity index is 2.23. The SMILES string of the molecule is CCOc1cc(C#N)cc(Br)c1OC(=O)Cc1ccccc1F. The molecule has 0 N–H and O–H groups in total. The predicted octanol–water partition coefficient (Wildman–Crippen LogP) is 4.01. The minimum absolute atomic E-state index is 0.173. The second-order valence-corrected chi connectivity index (χ2v) is 5.43. The Morgan fingerprint density at radius 1 is 1.35 bits per heavy atom. The molecule has 2 aromatic rings. The van der Waals surface area contributed by atoms with Gasteiger partial charge in [0.15, 0.2) is 11.5 Å². The number of ether oxygens (including phenoxy) is 2. The van der Waals surface area contributed by atoms with E-state index >= 15 is 0 Å². The summed E-state index contributed by atoms with van der Waals surface area (Å²) in [5.41, 5.74) is 0.620. The van der Waals surface area contributed by atoms with Crippen LogP contribution >= 0.6 is 15.9 Å². The molecular weight excluding hydrogens is 365 g/mol. The summed E-state index contributed by atoms with van der Waals surface area (Å²) in [7, 11) is 0. The molecule has 0 radical (unpaired) electrons. The number of hydrogen-bond acceptors (Lipinski definition) is 4. The zero-order valence-electron chi connectivity index (χ0n) is 12.3. The van der Waals surface area contributed by atoms with Crippen molar-refractivity contribution in [1.82, 2.24) is 0 Å². The molecule has 0 fully saturated rings. The number of carbonyl (C=O) groups is 1. The number of carbonyl (C=O) groups excluding carboxylic acids is 1. The van der Waals surface area contributed by atoms with Crippen molar-refractivity contribution < 1.29 is 18.7 Å². The van der Waals surface area contributed by atoms with Crippen molar-refractivity contribution in [3.8, 4) is 17.6 Å². The van der Waals surface area contributed by atoms with E-state index in [0.29, 0.717) is 16.6 Å². The second kappa shape index (κ2) is 7.75. The summed E-state index contributed by atoms with van der Waals surface area (Å²) in [6, 6.07) is 11.0. The van der Waals surface area contributed by atoms with Crippen LogP contribution in [-0.2, 0) is 11.2 Å². The van der Waals surface area contributed by atoms with Crippen LogP contribution in [0.3, 0.4) is 0 Å². The maximum Gasteiger partial charge on any atom is 0.315 e. The first-order chi connectivity index (χ1) is 11.0. The fourth-order valence-corrected chi connectivity index (χ4v) is 2.46. The second-order valence-electron chi connectivity index (χ2n) is 4.57. The normalized spacial score (nSPS) is 10.0. The molecule has 0 aromatic heterocycles. The molecule has 2 rings (SSSR count). The number of nitrogens with zero attached hydrogens (tertiary/aromatic N) is 1. The maximum atomic E-state index is 13.6. The van der Waals surface area contributed by atoms with E-state index in [2.05, 4.69) is 15.9 Å². The van der Waals surface area contributed by atoms with Crippen molar-refractivity contribution >= 4 is 21.9 Å². The van der Waals surface area contributed by atoms with Gasteiger partial charge in [-0.1, -0.05) is 18.2 Å². The Morgan fingerprint density at radius 3 is 2.74 bits per heavy atom. The quantitative estimate of drug-likeness (QED) is 0.583. The Bertz CT molecular complexity index is 771. The van der Waals surface area contributed by atoms with Crippen LogP contribution < -0.4 is 9.47 Å². The van der Waals surface area contributed by atoms with E-state index in [1.165, 1.54) is 24.3 Å². The number of hydrogen-bond donors (Lipinski definition) is 0. The molecule has 4 nitrogen and oxygen atoms in total. The summed E-state index contributed by atoms with van der Waals surface area (Å²) < 4.78 is 24.7. The number of benzene rings is 2. The number of esters is 1. The van der Waals surface area contributed by atoms with E-state index in [1.807, 2.05) is 6.07 Å². The van der Waals surface area contributed by atoms with Crippen molar-refractivity contribution in [2.24, 2.45) is 0 Å². The maximum absolute atomic E-state index is 13.6. The highest BCUT2D eigenvalue weighted by Crippen LogP contribution is 2.37. The zero-order valence-corrected chi connectivity index (χ0v) is 13.9. The molecule has 0 aliphatic carbocycles. The van der Waals surface area contributed by atoms with Crippen molar-refractivity contribution in [2.45, 2.75) is 13.3 Å². The highest BCUT2D eigenvalue weighted by Gasteiger charge is 2.17. The fraction of sp³-hybridized carbons (Fsp3) is 0.176. The molecule has 0 bridgehead atoms. The summed E-state index contributed by atoms with van der Waals surface area (Å²) >= 11 is 3.25. The van der Waals surface area contributed by atoms with Crippen LogP contribution in [0.25, 0.3) is 0 Å². The molecule has 0 spiro atoms. The first-order valence-corrected chi connectivity index (χ1v) is 7.65. The number of halogens is 2. The average molecular weight is 378 g/mol. The van der Waals surface area contributed by atoms with Gasteiger partial charge >= 0.3 is 5.97 Å². The van der Waals surface area contributed by atoms with Crippen LogP contribution in [0.5, 0.6) is 11.5 Å². The van der Waals surface area contributed by atoms with E-state index in [4.69, 9.17) is 14.7 Å². The lowest BCUT2D eigenvalue weighted by molar-refractivity contribution is -0.133. The van der Waals surface area contributed by atoms with Crippen molar-refractivity contribution in [3.63, 3.8) is 0 Å². The highest BCUT2D eigenvalue weighted by molar-refractivity contribution is 9.10. The lowest BCUT2D eigenvalue weighted by atomic mass is 10.1. The molecule has 118 valence electrons. The molecule has 0 unspecified atom stereocenters. The van der Waals surface area contributed by atoms with Crippen molar-refractivity contribution in [1.29, 1.82) is 5.26 Å². The van der Waals surface area contributed by atoms with E-state index in [0.717, 1.165) is 0 Å². The molecule has 0 aliphatic rings. The van der Waals surface area contributed by atoms with Gasteiger partial charge in [0.05, 0.1) is 29.1 Å². The highest BCUT2D eigenvalue weighted by atomic mass is 79.9. The van der Waals surface area contributed by atoms with Crippen LogP contribution in [0.15, 0.2) is 40.9 Å². The largest absolute Gasteiger partial charge is 0.490 e. The fourth-order valence-electron chi connectivity index (χ4n) is 1.94.